The lowest BCUT2D eigenvalue weighted by Gasteiger charge is -2.27. The fourth-order valence-corrected chi connectivity index (χ4v) is 2.42. The summed E-state index contributed by atoms with van der Waals surface area (Å²) in [5.74, 6) is -4.16. The van der Waals surface area contributed by atoms with Crippen LogP contribution in [0.15, 0.2) is 0 Å². The van der Waals surface area contributed by atoms with Gasteiger partial charge in [-0.3, -0.25) is 19.2 Å². The summed E-state index contributed by atoms with van der Waals surface area (Å²) in [5.41, 5.74) is 10.6. The zero-order valence-corrected chi connectivity index (χ0v) is 17.7. The van der Waals surface area contributed by atoms with E-state index in [1.807, 2.05) is 0 Å². The largest absolute Gasteiger partial charge is 0.480 e. The minimum absolute atomic E-state index is 0.0972. The average molecular weight is 434 g/mol. The van der Waals surface area contributed by atoms with Gasteiger partial charge in [0.15, 0.2) is 0 Å². The Hall–Kier alpha value is -2.34. The Morgan fingerprint density at radius 1 is 1.00 bits per heavy atom. The van der Waals surface area contributed by atoms with E-state index in [0.29, 0.717) is 6.42 Å². The van der Waals surface area contributed by atoms with Crippen LogP contribution < -0.4 is 27.4 Å². The summed E-state index contributed by atoms with van der Waals surface area (Å²) in [6, 6.07) is -4.23. The van der Waals surface area contributed by atoms with Gasteiger partial charge in [-0.05, 0) is 19.3 Å². The SMILES string of the molecule is CCC(C)C(NC(=O)C(C)NC(=O)C(N)CS)C(=O)NC(CCC(N)=O)C(=O)O. The van der Waals surface area contributed by atoms with Crippen molar-refractivity contribution in [3.8, 4) is 0 Å². The number of hydrogen-bond acceptors (Lipinski definition) is 7. The van der Waals surface area contributed by atoms with Crippen molar-refractivity contribution >= 4 is 42.2 Å². The van der Waals surface area contributed by atoms with Crippen LogP contribution in [0.3, 0.4) is 0 Å². The Bertz CT molecular complexity index is 617. The normalized spacial score (nSPS) is 15.9. The molecule has 11 nitrogen and oxygen atoms in total. The van der Waals surface area contributed by atoms with Crippen LogP contribution in [-0.4, -0.2) is 64.6 Å². The standard InChI is InChI=1S/C17H31N5O6S/c1-4-8(2)13(16(26)21-11(17(27)28)5-6-12(19)23)22-14(24)9(3)20-15(25)10(18)7-29/h8-11,13,29H,4-7,18H2,1-3H3,(H2,19,23)(H,20,25)(H,21,26)(H,22,24)(H,27,28). The fourth-order valence-electron chi connectivity index (χ4n) is 2.25. The van der Waals surface area contributed by atoms with Crippen LogP contribution in [-0.2, 0) is 24.0 Å². The maximum Gasteiger partial charge on any atom is 0.326 e. The van der Waals surface area contributed by atoms with Gasteiger partial charge in [-0.25, -0.2) is 4.79 Å². The molecule has 5 unspecified atom stereocenters. The molecule has 0 aliphatic carbocycles. The van der Waals surface area contributed by atoms with E-state index in [1.54, 1.807) is 13.8 Å². The predicted octanol–water partition coefficient (Wildman–Crippen LogP) is -1.89. The Morgan fingerprint density at radius 2 is 1.59 bits per heavy atom. The number of nitrogens with two attached hydrogens (primary N) is 2. The lowest BCUT2D eigenvalue weighted by atomic mass is 9.97. The number of carboxylic acid groups (broad SMARTS) is 1. The van der Waals surface area contributed by atoms with Gasteiger partial charge in [0.1, 0.15) is 18.1 Å². The molecule has 0 aliphatic heterocycles. The molecular formula is C17H31N5O6S. The summed E-state index contributed by atoms with van der Waals surface area (Å²) in [4.78, 5) is 59.1. The van der Waals surface area contributed by atoms with E-state index < -0.39 is 53.8 Å². The minimum atomic E-state index is -1.33. The Morgan fingerprint density at radius 3 is 2.03 bits per heavy atom. The summed E-state index contributed by atoms with van der Waals surface area (Å²) < 4.78 is 0. The van der Waals surface area contributed by atoms with E-state index in [0.717, 1.165) is 0 Å². The third-order valence-corrected chi connectivity index (χ3v) is 4.77. The topological polar surface area (TPSA) is 194 Å². The smallest absolute Gasteiger partial charge is 0.326 e. The highest BCUT2D eigenvalue weighted by molar-refractivity contribution is 7.80. The third kappa shape index (κ3) is 9.61. The molecule has 166 valence electrons. The van der Waals surface area contributed by atoms with Crippen LogP contribution in [0, 0.1) is 5.92 Å². The summed E-state index contributed by atoms with van der Waals surface area (Å²) in [5, 5.41) is 16.5. The van der Waals surface area contributed by atoms with Gasteiger partial charge in [0.05, 0.1) is 6.04 Å². The van der Waals surface area contributed by atoms with Crippen molar-refractivity contribution in [3.63, 3.8) is 0 Å². The second-order valence-electron chi connectivity index (χ2n) is 6.80. The molecule has 0 aromatic rings. The number of thiol groups is 1. The van der Waals surface area contributed by atoms with Crippen molar-refractivity contribution in [2.24, 2.45) is 17.4 Å². The second-order valence-corrected chi connectivity index (χ2v) is 7.16. The van der Waals surface area contributed by atoms with Crippen molar-refractivity contribution in [1.29, 1.82) is 0 Å². The van der Waals surface area contributed by atoms with E-state index >= 15 is 0 Å². The van der Waals surface area contributed by atoms with Crippen LogP contribution in [0.5, 0.6) is 0 Å². The molecule has 0 spiro atoms. The first-order valence-electron chi connectivity index (χ1n) is 9.23. The molecule has 4 amide bonds. The highest BCUT2D eigenvalue weighted by Gasteiger charge is 2.31. The number of amides is 4. The summed E-state index contributed by atoms with van der Waals surface area (Å²) in [7, 11) is 0. The zero-order valence-electron chi connectivity index (χ0n) is 16.8. The fraction of sp³-hybridized carbons (Fsp3) is 0.706. The second kappa shape index (κ2) is 13.0. The van der Waals surface area contributed by atoms with Gasteiger partial charge >= 0.3 is 5.97 Å². The molecule has 5 atom stereocenters. The number of primary amides is 1. The molecule has 0 fully saturated rings. The van der Waals surface area contributed by atoms with Gasteiger partial charge in [0, 0.05) is 12.2 Å². The Kier molecular flexibility index (Phi) is 11.9. The van der Waals surface area contributed by atoms with Gasteiger partial charge in [-0.15, -0.1) is 0 Å². The van der Waals surface area contributed by atoms with Crippen molar-refractivity contribution in [1.82, 2.24) is 16.0 Å². The number of aliphatic carboxylic acids is 1. The lowest BCUT2D eigenvalue weighted by Crippen LogP contribution is -2.58. The van der Waals surface area contributed by atoms with Gasteiger partial charge in [-0.2, -0.15) is 12.6 Å². The van der Waals surface area contributed by atoms with E-state index in [2.05, 4.69) is 28.6 Å². The molecule has 0 aromatic carbocycles. The number of carbonyl (C=O) groups excluding carboxylic acids is 4. The highest BCUT2D eigenvalue weighted by Crippen LogP contribution is 2.10. The number of nitrogens with one attached hydrogen (secondary N) is 3. The van der Waals surface area contributed by atoms with Crippen molar-refractivity contribution in [2.75, 3.05) is 5.75 Å². The molecular weight excluding hydrogens is 402 g/mol. The molecule has 8 N–H and O–H groups in total. The van der Waals surface area contributed by atoms with Gasteiger partial charge in [-0.1, -0.05) is 20.3 Å². The zero-order chi connectivity index (χ0) is 22.7. The lowest BCUT2D eigenvalue weighted by molar-refractivity contribution is -0.143. The number of carbonyl (C=O) groups is 5. The molecule has 29 heavy (non-hydrogen) atoms. The van der Waals surface area contributed by atoms with Crippen LogP contribution in [0.25, 0.3) is 0 Å². The van der Waals surface area contributed by atoms with Crippen molar-refractivity contribution < 1.29 is 29.1 Å². The molecule has 0 rings (SSSR count). The Labute approximate surface area is 175 Å². The molecule has 0 aromatic heterocycles. The van der Waals surface area contributed by atoms with Crippen LogP contribution in [0.1, 0.15) is 40.0 Å². The first kappa shape index (κ1) is 26.7. The predicted molar refractivity (Wildman–Crippen MR) is 109 cm³/mol. The number of rotatable bonds is 13. The van der Waals surface area contributed by atoms with Crippen LogP contribution >= 0.6 is 12.6 Å². The molecule has 0 heterocycles. The van der Waals surface area contributed by atoms with Crippen LogP contribution in [0.4, 0.5) is 0 Å². The molecule has 0 radical (unpaired) electrons. The van der Waals surface area contributed by atoms with E-state index in [1.165, 1.54) is 6.92 Å². The minimum Gasteiger partial charge on any atom is -0.480 e. The van der Waals surface area contributed by atoms with E-state index in [-0.39, 0.29) is 24.5 Å². The molecule has 0 aliphatic rings. The quantitative estimate of drug-likeness (QED) is 0.165. The Balaban J connectivity index is 5.16. The molecule has 12 heteroatoms. The average Bonchev–Trinajstić information content (AvgIpc) is 2.66. The van der Waals surface area contributed by atoms with Crippen LogP contribution in [0.2, 0.25) is 0 Å². The summed E-state index contributed by atoms with van der Waals surface area (Å²) >= 11 is 3.91. The first-order chi connectivity index (χ1) is 13.4. The number of carboxylic acids is 1. The van der Waals surface area contributed by atoms with Gasteiger partial charge in [0.25, 0.3) is 0 Å². The maximum absolute atomic E-state index is 12.6. The highest BCUT2D eigenvalue weighted by atomic mass is 32.1. The van der Waals surface area contributed by atoms with E-state index in [9.17, 15) is 29.1 Å². The molecule has 0 bridgehead atoms. The molecule has 0 saturated carbocycles. The number of hydrogen-bond donors (Lipinski definition) is 7. The third-order valence-electron chi connectivity index (χ3n) is 4.37. The summed E-state index contributed by atoms with van der Waals surface area (Å²) in [6.07, 6.45) is 0.125. The van der Waals surface area contributed by atoms with Gasteiger partial charge < -0.3 is 32.5 Å². The van der Waals surface area contributed by atoms with Crippen molar-refractivity contribution in [2.45, 2.75) is 64.2 Å². The van der Waals surface area contributed by atoms with E-state index in [4.69, 9.17) is 11.5 Å². The van der Waals surface area contributed by atoms with Crippen molar-refractivity contribution in [3.05, 3.63) is 0 Å². The molecule has 0 saturated heterocycles. The summed E-state index contributed by atoms with van der Waals surface area (Å²) in [6.45, 7) is 4.94. The van der Waals surface area contributed by atoms with Gasteiger partial charge in [0.2, 0.25) is 23.6 Å². The monoisotopic (exact) mass is 433 g/mol. The maximum atomic E-state index is 12.6. The first-order valence-corrected chi connectivity index (χ1v) is 9.86.